The normalized spacial score (nSPS) is 11.8. The predicted molar refractivity (Wildman–Crippen MR) is 66.5 cm³/mol. The summed E-state index contributed by atoms with van der Waals surface area (Å²) in [5.41, 5.74) is 6.38. The molecule has 1 aromatic carbocycles. The lowest BCUT2D eigenvalue weighted by Gasteiger charge is -2.10. The number of nitrogens with two attached hydrogens (primary N) is 1. The number of amidine groups is 1. The standard InChI is InChI=1S/C11H15N3O4/c1-17-10(18-2)7-13-11(12)8-3-5-9(6-4-8)14(15)16/h3-6,10H,7H2,1-2H3,(H2,12,13). The zero-order valence-corrected chi connectivity index (χ0v) is 10.2. The van der Waals surface area contributed by atoms with Crippen molar-refractivity contribution in [3.05, 3.63) is 39.9 Å². The highest BCUT2D eigenvalue weighted by Gasteiger charge is 2.07. The summed E-state index contributed by atoms with van der Waals surface area (Å²) >= 11 is 0. The van der Waals surface area contributed by atoms with Gasteiger partial charge in [0, 0.05) is 31.9 Å². The van der Waals surface area contributed by atoms with Gasteiger partial charge in [0.05, 0.1) is 11.5 Å². The third kappa shape index (κ3) is 3.79. The van der Waals surface area contributed by atoms with E-state index in [0.29, 0.717) is 5.56 Å². The first kappa shape index (κ1) is 14.1. The summed E-state index contributed by atoms with van der Waals surface area (Å²) in [6.45, 7) is 0.260. The molecule has 2 N–H and O–H groups in total. The van der Waals surface area contributed by atoms with Crippen molar-refractivity contribution in [2.45, 2.75) is 6.29 Å². The van der Waals surface area contributed by atoms with E-state index in [1.807, 2.05) is 0 Å². The highest BCUT2D eigenvalue weighted by atomic mass is 16.7. The second-order valence-electron chi connectivity index (χ2n) is 3.43. The van der Waals surface area contributed by atoms with Gasteiger partial charge in [0.2, 0.25) is 0 Å². The molecule has 0 radical (unpaired) electrons. The zero-order valence-electron chi connectivity index (χ0n) is 10.2. The minimum Gasteiger partial charge on any atom is -0.384 e. The van der Waals surface area contributed by atoms with E-state index < -0.39 is 11.2 Å². The van der Waals surface area contributed by atoms with E-state index in [9.17, 15) is 10.1 Å². The molecule has 0 fully saturated rings. The van der Waals surface area contributed by atoms with Gasteiger partial charge in [-0.25, -0.2) is 0 Å². The van der Waals surface area contributed by atoms with E-state index >= 15 is 0 Å². The molecule has 1 rings (SSSR count). The van der Waals surface area contributed by atoms with Gasteiger partial charge in [-0.05, 0) is 12.1 Å². The Labute approximate surface area is 104 Å². The lowest BCUT2D eigenvalue weighted by Crippen LogP contribution is -2.21. The number of hydrogen-bond donors (Lipinski definition) is 1. The average molecular weight is 253 g/mol. The minimum absolute atomic E-state index is 0.0122. The van der Waals surface area contributed by atoms with Crippen LogP contribution in [0.5, 0.6) is 0 Å². The van der Waals surface area contributed by atoms with Crippen molar-refractivity contribution in [3.8, 4) is 0 Å². The van der Waals surface area contributed by atoms with Crippen LogP contribution in [0, 0.1) is 10.1 Å². The molecule has 1 aromatic rings. The summed E-state index contributed by atoms with van der Waals surface area (Å²) in [6, 6.07) is 5.85. The van der Waals surface area contributed by atoms with Crippen molar-refractivity contribution in [3.63, 3.8) is 0 Å². The molecule has 0 saturated carbocycles. The molecule has 0 heterocycles. The second kappa shape index (κ2) is 6.67. The molecule has 0 aliphatic heterocycles. The third-order valence-corrected chi connectivity index (χ3v) is 2.31. The number of methoxy groups -OCH3 is 2. The van der Waals surface area contributed by atoms with E-state index in [4.69, 9.17) is 15.2 Å². The van der Waals surface area contributed by atoms with E-state index in [0.717, 1.165) is 0 Å². The molecule has 0 spiro atoms. The Hall–Kier alpha value is -1.99. The summed E-state index contributed by atoms with van der Waals surface area (Å²) in [4.78, 5) is 14.1. The number of nitrogens with zero attached hydrogens (tertiary/aromatic N) is 2. The van der Waals surface area contributed by atoms with Crippen LogP contribution in [-0.4, -0.2) is 37.8 Å². The van der Waals surface area contributed by atoms with Crippen LogP contribution in [0.3, 0.4) is 0 Å². The molecule has 7 nitrogen and oxygen atoms in total. The molecule has 18 heavy (non-hydrogen) atoms. The zero-order chi connectivity index (χ0) is 13.5. The van der Waals surface area contributed by atoms with Gasteiger partial charge < -0.3 is 15.2 Å². The molecule has 7 heteroatoms. The summed E-state index contributed by atoms with van der Waals surface area (Å²) < 4.78 is 9.92. The fraction of sp³-hybridized carbons (Fsp3) is 0.364. The van der Waals surface area contributed by atoms with Gasteiger partial charge in [-0.3, -0.25) is 15.1 Å². The molecule has 0 bridgehead atoms. The van der Waals surface area contributed by atoms with Crippen LogP contribution in [0.2, 0.25) is 0 Å². The molecule has 0 amide bonds. The van der Waals surface area contributed by atoms with Crippen molar-refractivity contribution < 1.29 is 14.4 Å². The number of nitro benzene ring substituents is 1. The third-order valence-electron chi connectivity index (χ3n) is 2.31. The number of aliphatic imine (C=N–C) groups is 1. The fourth-order valence-electron chi connectivity index (χ4n) is 1.26. The Morgan fingerprint density at radius 3 is 2.39 bits per heavy atom. The van der Waals surface area contributed by atoms with Crippen molar-refractivity contribution in [1.29, 1.82) is 0 Å². The van der Waals surface area contributed by atoms with Crippen LogP contribution < -0.4 is 5.73 Å². The SMILES string of the molecule is COC(CN=C(N)c1ccc([N+](=O)[O-])cc1)OC. The Bertz CT molecular complexity index is 426. The molecule has 0 aliphatic rings. The van der Waals surface area contributed by atoms with Gasteiger partial charge >= 0.3 is 0 Å². The molecule has 0 aliphatic carbocycles. The molecular formula is C11H15N3O4. The van der Waals surface area contributed by atoms with Gasteiger partial charge in [0.25, 0.3) is 5.69 Å². The topological polar surface area (TPSA) is 100.0 Å². The molecule has 0 unspecified atom stereocenters. The quantitative estimate of drug-likeness (QED) is 0.267. The van der Waals surface area contributed by atoms with Gasteiger partial charge in [0.15, 0.2) is 6.29 Å². The van der Waals surface area contributed by atoms with Crippen LogP contribution >= 0.6 is 0 Å². The first-order chi connectivity index (χ1) is 8.58. The summed E-state index contributed by atoms with van der Waals surface area (Å²) in [5.74, 6) is 0.281. The Balaban J connectivity index is 2.74. The monoisotopic (exact) mass is 253 g/mol. The summed E-state index contributed by atoms with van der Waals surface area (Å²) in [6.07, 6.45) is -0.457. The van der Waals surface area contributed by atoms with Crippen molar-refractivity contribution >= 4 is 11.5 Å². The maximum atomic E-state index is 10.5. The molecular weight excluding hydrogens is 238 g/mol. The second-order valence-corrected chi connectivity index (χ2v) is 3.43. The van der Waals surface area contributed by atoms with Crippen molar-refractivity contribution in [1.82, 2.24) is 0 Å². The predicted octanol–water partition coefficient (Wildman–Crippen LogP) is 0.919. The average Bonchev–Trinajstić information content (AvgIpc) is 2.39. The largest absolute Gasteiger partial charge is 0.384 e. The summed E-state index contributed by atoms with van der Waals surface area (Å²) in [7, 11) is 3.01. The highest BCUT2D eigenvalue weighted by molar-refractivity contribution is 5.97. The van der Waals surface area contributed by atoms with Gasteiger partial charge in [0.1, 0.15) is 5.84 Å². The van der Waals surface area contributed by atoms with Crippen LogP contribution in [0.15, 0.2) is 29.3 Å². The van der Waals surface area contributed by atoms with Gasteiger partial charge in [-0.1, -0.05) is 0 Å². The maximum Gasteiger partial charge on any atom is 0.269 e. The van der Waals surface area contributed by atoms with Crippen LogP contribution in [0.25, 0.3) is 0 Å². The van der Waals surface area contributed by atoms with Gasteiger partial charge in [-0.2, -0.15) is 0 Å². The van der Waals surface area contributed by atoms with E-state index in [1.165, 1.54) is 26.4 Å². The van der Waals surface area contributed by atoms with E-state index in [2.05, 4.69) is 4.99 Å². The number of nitro groups is 1. The maximum absolute atomic E-state index is 10.5. The smallest absolute Gasteiger partial charge is 0.269 e. The van der Waals surface area contributed by atoms with Crippen LogP contribution in [-0.2, 0) is 9.47 Å². The van der Waals surface area contributed by atoms with E-state index in [-0.39, 0.29) is 18.1 Å². The Kier molecular flexibility index (Phi) is 5.22. The molecule has 98 valence electrons. The first-order valence-corrected chi connectivity index (χ1v) is 5.18. The van der Waals surface area contributed by atoms with Gasteiger partial charge in [-0.15, -0.1) is 0 Å². The number of non-ortho nitro benzene ring substituents is 1. The Morgan fingerprint density at radius 1 is 1.39 bits per heavy atom. The number of hydrogen-bond acceptors (Lipinski definition) is 5. The fourth-order valence-corrected chi connectivity index (χ4v) is 1.26. The molecule has 0 atom stereocenters. The number of rotatable bonds is 6. The van der Waals surface area contributed by atoms with Crippen molar-refractivity contribution in [2.24, 2.45) is 10.7 Å². The van der Waals surface area contributed by atoms with E-state index in [1.54, 1.807) is 12.1 Å². The molecule has 0 aromatic heterocycles. The van der Waals surface area contributed by atoms with Crippen LogP contribution in [0.1, 0.15) is 5.56 Å². The highest BCUT2D eigenvalue weighted by Crippen LogP contribution is 2.11. The van der Waals surface area contributed by atoms with Crippen molar-refractivity contribution in [2.75, 3.05) is 20.8 Å². The lowest BCUT2D eigenvalue weighted by molar-refractivity contribution is -0.384. The number of ether oxygens (including phenoxy) is 2. The molecule has 0 saturated heterocycles. The first-order valence-electron chi connectivity index (χ1n) is 5.18. The van der Waals surface area contributed by atoms with Crippen LogP contribution in [0.4, 0.5) is 5.69 Å². The lowest BCUT2D eigenvalue weighted by atomic mass is 10.2. The summed E-state index contributed by atoms with van der Waals surface area (Å²) in [5, 5.41) is 10.5. The number of benzene rings is 1. The minimum atomic E-state index is -0.469. The Morgan fingerprint density at radius 2 is 1.94 bits per heavy atom.